The summed E-state index contributed by atoms with van der Waals surface area (Å²) in [5.74, 6) is -0.783. The van der Waals surface area contributed by atoms with Crippen molar-refractivity contribution >= 4 is 12.1 Å². The third-order valence-electron chi connectivity index (χ3n) is 2.48. The largest absolute Gasteiger partial charge is 0.481 e. The van der Waals surface area contributed by atoms with Crippen LogP contribution < -0.4 is 0 Å². The van der Waals surface area contributed by atoms with Crippen molar-refractivity contribution in [2.45, 2.75) is 31.7 Å². The molecule has 1 fully saturated rings. The molecule has 5 nitrogen and oxygen atoms in total. The molecule has 0 radical (unpaired) electrons. The molecule has 1 heterocycles. The fraction of sp³-hybridized carbons (Fsp3) is 0.778. The van der Waals surface area contributed by atoms with Crippen LogP contribution in [-0.4, -0.2) is 41.8 Å². The molecular formula is C9H15NO4. The summed E-state index contributed by atoms with van der Waals surface area (Å²) < 4.78 is 4.58. The monoisotopic (exact) mass is 201 g/mol. The molecular weight excluding hydrogens is 186 g/mol. The van der Waals surface area contributed by atoms with Crippen LogP contribution in [-0.2, 0) is 9.53 Å². The predicted octanol–water partition coefficient (Wildman–Crippen LogP) is 1.08. The van der Waals surface area contributed by atoms with Gasteiger partial charge < -0.3 is 14.7 Å². The molecule has 0 aromatic heterocycles. The van der Waals surface area contributed by atoms with Gasteiger partial charge in [0.05, 0.1) is 7.11 Å². The lowest BCUT2D eigenvalue weighted by molar-refractivity contribution is -0.137. The number of rotatable bonds is 4. The van der Waals surface area contributed by atoms with Crippen molar-refractivity contribution in [1.29, 1.82) is 0 Å². The van der Waals surface area contributed by atoms with Gasteiger partial charge in [0.25, 0.3) is 0 Å². The Morgan fingerprint density at radius 2 is 2.29 bits per heavy atom. The molecule has 0 aromatic rings. The van der Waals surface area contributed by atoms with Gasteiger partial charge in [-0.15, -0.1) is 0 Å². The number of methoxy groups -OCH3 is 1. The predicted molar refractivity (Wildman–Crippen MR) is 49.0 cm³/mol. The van der Waals surface area contributed by atoms with Gasteiger partial charge in [0, 0.05) is 19.0 Å². The van der Waals surface area contributed by atoms with Crippen molar-refractivity contribution in [3.8, 4) is 0 Å². The minimum absolute atomic E-state index is 0.172. The molecule has 1 atom stereocenters. The third-order valence-corrected chi connectivity index (χ3v) is 2.48. The highest BCUT2D eigenvalue weighted by Crippen LogP contribution is 2.22. The van der Waals surface area contributed by atoms with Crippen LogP contribution in [0.2, 0.25) is 0 Å². The second-order valence-corrected chi connectivity index (χ2v) is 3.39. The van der Waals surface area contributed by atoms with E-state index in [0.717, 1.165) is 19.4 Å². The third kappa shape index (κ3) is 2.61. The molecule has 1 N–H and O–H groups in total. The summed E-state index contributed by atoms with van der Waals surface area (Å²) in [5.41, 5.74) is 0. The van der Waals surface area contributed by atoms with Crippen LogP contribution in [0.15, 0.2) is 0 Å². The standard InChI is InChI=1S/C9H15NO4/c1-14-9(13)10-6-5-7(10)3-2-4-8(11)12/h7H,2-6H2,1H3,(H,11,12). The smallest absolute Gasteiger partial charge is 0.409 e. The molecule has 0 saturated carbocycles. The summed E-state index contributed by atoms with van der Waals surface area (Å²) in [7, 11) is 1.36. The van der Waals surface area contributed by atoms with E-state index < -0.39 is 5.97 Å². The highest BCUT2D eigenvalue weighted by Gasteiger charge is 2.32. The molecule has 80 valence electrons. The number of ether oxygens (including phenoxy) is 1. The zero-order chi connectivity index (χ0) is 10.6. The van der Waals surface area contributed by atoms with Gasteiger partial charge in [-0.3, -0.25) is 4.79 Å². The first-order chi connectivity index (χ1) is 6.65. The summed E-state index contributed by atoms with van der Waals surface area (Å²) in [4.78, 5) is 23.0. The fourth-order valence-corrected chi connectivity index (χ4v) is 1.59. The fourth-order valence-electron chi connectivity index (χ4n) is 1.59. The molecule has 14 heavy (non-hydrogen) atoms. The second kappa shape index (κ2) is 4.83. The van der Waals surface area contributed by atoms with Crippen molar-refractivity contribution in [2.24, 2.45) is 0 Å². The first-order valence-electron chi connectivity index (χ1n) is 4.71. The first kappa shape index (κ1) is 10.8. The van der Waals surface area contributed by atoms with E-state index >= 15 is 0 Å². The van der Waals surface area contributed by atoms with Crippen LogP contribution >= 0.6 is 0 Å². The second-order valence-electron chi connectivity index (χ2n) is 3.39. The van der Waals surface area contributed by atoms with Gasteiger partial charge in [-0.2, -0.15) is 0 Å². The Balaban J connectivity index is 2.19. The van der Waals surface area contributed by atoms with E-state index in [9.17, 15) is 9.59 Å². The molecule has 5 heteroatoms. The molecule has 1 unspecified atom stereocenters. The number of aliphatic carboxylic acids is 1. The molecule has 0 spiro atoms. The number of carboxylic acids is 1. The van der Waals surface area contributed by atoms with Crippen molar-refractivity contribution in [3.63, 3.8) is 0 Å². The number of amides is 1. The van der Waals surface area contributed by atoms with Crippen LogP contribution in [0.3, 0.4) is 0 Å². The quantitative estimate of drug-likeness (QED) is 0.739. The maximum absolute atomic E-state index is 11.1. The van der Waals surface area contributed by atoms with E-state index in [-0.39, 0.29) is 18.6 Å². The SMILES string of the molecule is COC(=O)N1CCC1CCCC(=O)O. The average molecular weight is 201 g/mol. The van der Waals surface area contributed by atoms with Gasteiger partial charge in [-0.25, -0.2) is 4.79 Å². The van der Waals surface area contributed by atoms with E-state index in [0.29, 0.717) is 6.42 Å². The van der Waals surface area contributed by atoms with E-state index in [1.807, 2.05) is 0 Å². The van der Waals surface area contributed by atoms with Gasteiger partial charge in [0.2, 0.25) is 0 Å². The van der Waals surface area contributed by atoms with Crippen LogP contribution in [0.25, 0.3) is 0 Å². The van der Waals surface area contributed by atoms with E-state index in [4.69, 9.17) is 5.11 Å². The van der Waals surface area contributed by atoms with Gasteiger partial charge in [0.15, 0.2) is 0 Å². The lowest BCUT2D eigenvalue weighted by Crippen LogP contribution is -2.50. The Bertz CT molecular complexity index is 229. The van der Waals surface area contributed by atoms with Crippen LogP contribution in [0.1, 0.15) is 25.7 Å². The molecule has 0 aromatic carbocycles. The number of likely N-dealkylation sites (tertiary alicyclic amines) is 1. The molecule has 0 bridgehead atoms. The van der Waals surface area contributed by atoms with Crippen LogP contribution in [0.4, 0.5) is 4.79 Å². The zero-order valence-electron chi connectivity index (χ0n) is 8.23. The van der Waals surface area contributed by atoms with Crippen LogP contribution in [0.5, 0.6) is 0 Å². The lowest BCUT2D eigenvalue weighted by atomic mass is 9.98. The number of carbonyl (C=O) groups is 2. The summed E-state index contributed by atoms with van der Waals surface area (Å²) in [6, 6.07) is 0.182. The topological polar surface area (TPSA) is 66.8 Å². The number of hydrogen-bond donors (Lipinski definition) is 1. The van der Waals surface area contributed by atoms with Crippen molar-refractivity contribution in [1.82, 2.24) is 4.90 Å². The van der Waals surface area contributed by atoms with Gasteiger partial charge in [0.1, 0.15) is 0 Å². The van der Waals surface area contributed by atoms with Crippen molar-refractivity contribution in [2.75, 3.05) is 13.7 Å². The molecule has 1 aliphatic heterocycles. The summed E-state index contributed by atoms with van der Waals surface area (Å²) in [5, 5.41) is 8.43. The summed E-state index contributed by atoms with van der Waals surface area (Å²) >= 11 is 0. The number of nitrogens with zero attached hydrogens (tertiary/aromatic N) is 1. The van der Waals surface area contributed by atoms with E-state index in [1.54, 1.807) is 4.90 Å². The zero-order valence-corrected chi connectivity index (χ0v) is 8.23. The first-order valence-corrected chi connectivity index (χ1v) is 4.71. The summed E-state index contributed by atoms with van der Waals surface area (Å²) in [6.07, 6.45) is 2.19. The van der Waals surface area contributed by atoms with Gasteiger partial charge in [-0.1, -0.05) is 0 Å². The Kier molecular flexibility index (Phi) is 3.73. The normalized spacial score (nSPS) is 20.1. The Morgan fingerprint density at radius 3 is 2.71 bits per heavy atom. The minimum atomic E-state index is -0.783. The van der Waals surface area contributed by atoms with Crippen molar-refractivity contribution < 1.29 is 19.4 Å². The highest BCUT2D eigenvalue weighted by molar-refractivity contribution is 5.69. The van der Waals surface area contributed by atoms with Crippen LogP contribution in [0, 0.1) is 0 Å². The lowest BCUT2D eigenvalue weighted by Gasteiger charge is -2.39. The Labute approximate surface area is 82.6 Å². The molecule has 1 rings (SSSR count). The molecule has 1 saturated heterocycles. The van der Waals surface area contributed by atoms with E-state index in [1.165, 1.54) is 7.11 Å². The minimum Gasteiger partial charge on any atom is -0.481 e. The Hall–Kier alpha value is -1.26. The van der Waals surface area contributed by atoms with Crippen molar-refractivity contribution in [3.05, 3.63) is 0 Å². The number of carboxylic acid groups (broad SMARTS) is 1. The maximum atomic E-state index is 11.1. The average Bonchev–Trinajstić information content (AvgIpc) is 2.09. The molecule has 1 aliphatic rings. The van der Waals surface area contributed by atoms with Gasteiger partial charge in [-0.05, 0) is 19.3 Å². The highest BCUT2D eigenvalue weighted by atomic mass is 16.5. The summed E-state index contributed by atoms with van der Waals surface area (Å²) in [6.45, 7) is 0.727. The molecule has 1 amide bonds. The van der Waals surface area contributed by atoms with Gasteiger partial charge >= 0.3 is 12.1 Å². The molecule has 0 aliphatic carbocycles. The Morgan fingerprint density at radius 1 is 1.57 bits per heavy atom. The number of carbonyl (C=O) groups excluding carboxylic acids is 1. The maximum Gasteiger partial charge on any atom is 0.409 e. The number of hydrogen-bond acceptors (Lipinski definition) is 3. The van der Waals surface area contributed by atoms with E-state index in [2.05, 4.69) is 4.74 Å².